The van der Waals surface area contributed by atoms with Crippen LogP contribution in [0.1, 0.15) is 60.3 Å². The van der Waals surface area contributed by atoms with E-state index in [0.717, 1.165) is 25.7 Å². The lowest BCUT2D eigenvalue weighted by molar-refractivity contribution is -0.161. The van der Waals surface area contributed by atoms with Gasteiger partial charge in [-0.05, 0) is 32.6 Å². The van der Waals surface area contributed by atoms with Gasteiger partial charge < -0.3 is 4.74 Å². The maximum absolute atomic E-state index is 11.9. The third kappa shape index (κ3) is 3.00. The minimum Gasteiger partial charge on any atom is -0.462 e. The van der Waals surface area contributed by atoms with Gasteiger partial charge in [0.2, 0.25) is 0 Å². The molecule has 0 aliphatic rings. The summed E-state index contributed by atoms with van der Waals surface area (Å²) >= 11 is 0. The smallest absolute Gasteiger partial charge is 0.312 e. The Hall–Kier alpha value is -0.530. The van der Waals surface area contributed by atoms with E-state index in [2.05, 4.69) is 20.8 Å². The molecule has 0 saturated heterocycles. The molecule has 0 spiro atoms. The van der Waals surface area contributed by atoms with Crippen molar-refractivity contribution in [1.29, 1.82) is 0 Å². The molecule has 0 saturated carbocycles. The van der Waals surface area contributed by atoms with Gasteiger partial charge in [0.25, 0.3) is 0 Å². The van der Waals surface area contributed by atoms with E-state index in [9.17, 15) is 4.79 Å². The zero-order chi connectivity index (χ0) is 11.2. The zero-order valence-corrected chi connectivity index (χ0v) is 10.2. The molecule has 0 bridgehead atoms. The van der Waals surface area contributed by atoms with Crippen LogP contribution in [0.4, 0.5) is 0 Å². The lowest BCUT2D eigenvalue weighted by atomic mass is 9.80. The average molecular weight is 200 g/mol. The zero-order valence-electron chi connectivity index (χ0n) is 10.2. The Labute approximate surface area is 88.0 Å². The molecule has 14 heavy (non-hydrogen) atoms. The van der Waals surface area contributed by atoms with Gasteiger partial charge >= 0.3 is 5.97 Å². The van der Waals surface area contributed by atoms with Crippen molar-refractivity contribution in [3.05, 3.63) is 0 Å². The summed E-state index contributed by atoms with van der Waals surface area (Å²) < 4.78 is 5.40. The number of esters is 1. The molecule has 84 valence electrons. The maximum Gasteiger partial charge on any atom is 0.312 e. The maximum atomic E-state index is 11.9. The minimum atomic E-state index is -0.247. The molecule has 0 rings (SSSR count). The van der Waals surface area contributed by atoms with E-state index in [-0.39, 0.29) is 17.5 Å². The highest BCUT2D eigenvalue weighted by molar-refractivity contribution is 5.76. The van der Waals surface area contributed by atoms with Crippen molar-refractivity contribution >= 4 is 5.97 Å². The van der Waals surface area contributed by atoms with Crippen molar-refractivity contribution < 1.29 is 9.53 Å². The van der Waals surface area contributed by atoms with Crippen LogP contribution in [-0.4, -0.2) is 12.1 Å². The molecular weight excluding hydrogens is 176 g/mol. The van der Waals surface area contributed by atoms with Crippen molar-refractivity contribution in [3.8, 4) is 0 Å². The summed E-state index contributed by atoms with van der Waals surface area (Å²) in [7, 11) is 0. The van der Waals surface area contributed by atoms with Crippen molar-refractivity contribution in [2.45, 2.75) is 66.4 Å². The summed E-state index contributed by atoms with van der Waals surface area (Å²) in [5, 5.41) is 0. The molecule has 0 aromatic carbocycles. The Morgan fingerprint density at radius 1 is 1.14 bits per heavy atom. The van der Waals surface area contributed by atoms with E-state index >= 15 is 0 Å². The molecule has 1 unspecified atom stereocenters. The van der Waals surface area contributed by atoms with Crippen LogP contribution in [0, 0.1) is 5.41 Å². The first-order valence-corrected chi connectivity index (χ1v) is 5.77. The number of ether oxygens (including phenoxy) is 1. The van der Waals surface area contributed by atoms with Crippen molar-refractivity contribution in [2.75, 3.05) is 0 Å². The first-order chi connectivity index (χ1) is 6.56. The highest BCUT2D eigenvalue weighted by Gasteiger charge is 2.35. The Bertz CT molecular complexity index is 163. The van der Waals surface area contributed by atoms with E-state index in [1.807, 2.05) is 13.8 Å². The molecule has 0 N–H and O–H groups in total. The lowest BCUT2D eigenvalue weighted by Gasteiger charge is -2.29. The van der Waals surface area contributed by atoms with E-state index in [4.69, 9.17) is 4.74 Å². The monoisotopic (exact) mass is 200 g/mol. The van der Waals surface area contributed by atoms with Crippen LogP contribution in [0.3, 0.4) is 0 Å². The summed E-state index contributed by atoms with van der Waals surface area (Å²) in [5.41, 5.74) is -0.247. The highest BCUT2D eigenvalue weighted by Crippen LogP contribution is 2.32. The number of carbonyl (C=O) groups excluding carboxylic acids is 1. The quantitative estimate of drug-likeness (QED) is 0.613. The molecule has 0 aromatic rings. The van der Waals surface area contributed by atoms with E-state index in [1.165, 1.54) is 0 Å². The predicted molar refractivity (Wildman–Crippen MR) is 59.2 cm³/mol. The predicted octanol–water partition coefficient (Wildman–Crippen LogP) is 3.54. The van der Waals surface area contributed by atoms with Crippen molar-refractivity contribution in [3.63, 3.8) is 0 Å². The molecule has 0 aliphatic carbocycles. The molecule has 1 atom stereocenters. The summed E-state index contributed by atoms with van der Waals surface area (Å²) in [6, 6.07) is 0. The summed E-state index contributed by atoms with van der Waals surface area (Å²) in [4.78, 5) is 11.9. The molecular formula is C12H24O2. The largest absolute Gasteiger partial charge is 0.462 e. The highest BCUT2D eigenvalue weighted by atomic mass is 16.5. The number of carbonyl (C=O) groups is 1. The first kappa shape index (κ1) is 13.5. The van der Waals surface area contributed by atoms with Crippen molar-refractivity contribution in [1.82, 2.24) is 0 Å². The standard InChI is InChI=1S/C12H24O2/c1-6-10(5)14-11(13)12(7-2,8-3)9-4/h10H,6-9H2,1-5H3. The van der Waals surface area contributed by atoms with Gasteiger partial charge in [-0.2, -0.15) is 0 Å². The lowest BCUT2D eigenvalue weighted by Crippen LogP contribution is -2.33. The molecule has 2 nitrogen and oxygen atoms in total. The van der Waals surface area contributed by atoms with E-state index in [0.29, 0.717) is 0 Å². The minimum absolute atomic E-state index is 0.0145. The van der Waals surface area contributed by atoms with Gasteiger partial charge in [-0.15, -0.1) is 0 Å². The van der Waals surface area contributed by atoms with Crippen LogP contribution in [0.5, 0.6) is 0 Å². The third-order valence-electron chi connectivity index (χ3n) is 3.35. The van der Waals surface area contributed by atoms with Gasteiger partial charge in [0.1, 0.15) is 0 Å². The fourth-order valence-electron chi connectivity index (χ4n) is 1.57. The van der Waals surface area contributed by atoms with Crippen molar-refractivity contribution in [2.24, 2.45) is 5.41 Å². The first-order valence-electron chi connectivity index (χ1n) is 5.77. The van der Waals surface area contributed by atoms with Gasteiger partial charge in [0.15, 0.2) is 0 Å². The van der Waals surface area contributed by atoms with Crippen LogP contribution in [-0.2, 0) is 9.53 Å². The molecule has 0 fully saturated rings. The van der Waals surface area contributed by atoms with Gasteiger partial charge in [-0.3, -0.25) is 4.79 Å². The Balaban J connectivity index is 4.44. The second-order valence-corrected chi connectivity index (χ2v) is 3.97. The molecule has 0 heterocycles. The van der Waals surface area contributed by atoms with Gasteiger partial charge in [0.05, 0.1) is 11.5 Å². The van der Waals surface area contributed by atoms with Gasteiger partial charge in [-0.1, -0.05) is 27.7 Å². The van der Waals surface area contributed by atoms with E-state index < -0.39 is 0 Å². The second-order valence-electron chi connectivity index (χ2n) is 3.97. The van der Waals surface area contributed by atoms with Crippen LogP contribution in [0.25, 0.3) is 0 Å². The normalized spacial score (nSPS) is 13.8. The SMILES string of the molecule is CCC(C)OC(=O)C(CC)(CC)CC. The summed E-state index contributed by atoms with van der Waals surface area (Å²) in [5.74, 6) is -0.0145. The van der Waals surface area contributed by atoms with Crippen LogP contribution >= 0.6 is 0 Å². The number of hydrogen-bond donors (Lipinski definition) is 0. The third-order valence-corrected chi connectivity index (χ3v) is 3.35. The van der Waals surface area contributed by atoms with Crippen LogP contribution in [0.15, 0.2) is 0 Å². The van der Waals surface area contributed by atoms with Crippen LogP contribution < -0.4 is 0 Å². The number of hydrogen-bond acceptors (Lipinski definition) is 2. The summed E-state index contributed by atoms with van der Waals surface area (Å²) in [6.07, 6.45) is 3.55. The average Bonchev–Trinajstić information content (AvgIpc) is 2.21. The molecule has 0 aliphatic heterocycles. The molecule has 2 heteroatoms. The Morgan fingerprint density at radius 3 is 1.86 bits per heavy atom. The van der Waals surface area contributed by atoms with E-state index in [1.54, 1.807) is 0 Å². The topological polar surface area (TPSA) is 26.3 Å². The van der Waals surface area contributed by atoms with Crippen LogP contribution in [0.2, 0.25) is 0 Å². The Morgan fingerprint density at radius 2 is 1.57 bits per heavy atom. The fraction of sp³-hybridized carbons (Fsp3) is 0.917. The summed E-state index contributed by atoms with van der Waals surface area (Å²) in [6.45, 7) is 10.2. The molecule has 0 amide bonds. The fourth-order valence-corrected chi connectivity index (χ4v) is 1.57. The Kier molecular flexibility index (Phi) is 5.82. The molecule has 0 aromatic heterocycles. The molecule has 0 radical (unpaired) electrons. The van der Waals surface area contributed by atoms with Gasteiger partial charge in [-0.25, -0.2) is 0 Å². The number of rotatable bonds is 6. The second kappa shape index (κ2) is 6.05. The van der Waals surface area contributed by atoms with Gasteiger partial charge in [0, 0.05) is 0 Å².